The SMILES string of the molecule is CC1OC(OCCN(CCCCCC(=O)On2c(O)ccc2O)CCOC2OC(C)C(O)C(O)C2O)C(O)C(O)C1O. The van der Waals surface area contributed by atoms with Gasteiger partial charge in [0.15, 0.2) is 12.6 Å². The Labute approximate surface area is 243 Å². The highest BCUT2D eigenvalue weighted by Crippen LogP contribution is 2.23. The Kier molecular flexibility index (Phi) is 13.2. The molecule has 0 bridgehead atoms. The largest absolute Gasteiger partial charge is 0.492 e. The summed E-state index contributed by atoms with van der Waals surface area (Å²) in [5.74, 6) is -1.44. The highest BCUT2D eigenvalue weighted by Gasteiger charge is 2.43. The molecule has 0 spiro atoms. The van der Waals surface area contributed by atoms with Crippen molar-refractivity contribution >= 4 is 5.97 Å². The third-order valence-electron chi connectivity index (χ3n) is 7.34. The zero-order chi connectivity index (χ0) is 31.0. The van der Waals surface area contributed by atoms with Gasteiger partial charge in [-0.25, -0.2) is 4.79 Å². The van der Waals surface area contributed by atoms with E-state index in [4.69, 9.17) is 23.8 Å². The van der Waals surface area contributed by atoms with E-state index in [1.54, 1.807) is 13.8 Å². The van der Waals surface area contributed by atoms with Gasteiger partial charge < -0.3 is 64.6 Å². The van der Waals surface area contributed by atoms with Gasteiger partial charge in [-0.3, -0.25) is 4.90 Å². The topological polar surface area (TPSA) is 233 Å². The molecule has 2 saturated heterocycles. The van der Waals surface area contributed by atoms with Crippen LogP contribution in [0, 0.1) is 0 Å². The number of aliphatic hydroxyl groups excluding tert-OH is 6. The minimum Gasteiger partial charge on any atom is -0.492 e. The smallest absolute Gasteiger partial charge is 0.333 e. The summed E-state index contributed by atoms with van der Waals surface area (Å²) in [7, 11) is 0. The van der Waals surface area contributed by atoms with Crippen LogP contribution in [-0.2, 0) is 23.7 Å². The molecule has 0 aromatic carbocycles. The quantitative estimate of drug-likeness (QED) is 0.0954. The van der Waals surface area contributed by atoms with Gasteiger partial charge in [-0.1, -0.05) is 6.42 Å². The van der Waals surface area contributed by atoms with Gasteiger partial charge in [0.25, 0.3) is 0 Å². The molecule has 0 saturated carbocycles. The van der Waals surface area contributed by atoms with E-state index in [0.29, 0.717) is 43.6 Å². The summed E-state index contributed by atoms with van der Waals surface area (Å²) in [5.41, 5.74) is 0. The summed E-state index contributed by atoms with van der Waals surface area (Å²) in [6, 6.07) is 2.37. The van der Waals surface area contributed by atoms with Crippen molar-refractivity contribution in [3.63, 3.8) is 0 Å². The molecule has 3 rings (SSSR count). The third-order valence-corrected chi connectivity index (χ3v) is 7.34. The van der Waals surface area contributed by atoms with E-state index in [0.717, 1.165) is 0 Å². The molecule has 10 unspecified atom stereocenters. The number of nitrogens with zero attached hydrogens (tertiary/aromatic N) is 2. The number of unbranched alkanes of at least 4 members (excludes halogenated alkanes) is 2. The van der Waals surface area contributed by atoms with Crippen LogP contribution in [0.4, 0.5) is 0 Å². The fourth-order valence-electron chi connectivity index (χ4n) is 4.66. The van der Waals surface area contributed by atoms with Crippen molar-refractivity contribution in [2.45, 2.75) is 101 Å². The fourth-order valence-corrected chi connectivity index (χ4v) is 4.66. The number of ether oxygens (including phenoxy) is 4. The van der Waals surface area contributed by atoms with Crippen molar-refractivity contribution in [2.75, 3.05) is 32.8 Å². The minimum atomic E-state index is -1.43. The molecule has 16 heteroatoms. The summed E-state index contributed by atoms with van der Waals surface area (Å²) in [5, 5.41) is 79.2. The maximum Gasteiger partial charge on any atom is 0.333 e. The van der Waals surface area contributed by atoms with E-state index < -0.39 is 79.1 Å². The first-order valence-corrected chi connectivity index (χ1v) is 14.1. The van der Waals surface area contributed by atoms with Gasteiger partial charge in [0, 0.05) is 31.6 Å². The van der Waals surface area contributed by atoms with E-state index >= 15 is 0 Å². The number of aromatic nitrogens is 1. The number of carbonyl (C=O) groups excluding carboxylic acids is 1. The molecule has 42 heavy (non-hydrogen) atoms. The highest BCUT2D eigenvalue weighted by molar-refractivity contribution is 5.69. The second-order valence-electron chi connectivity index (χ2n) is 10.6. The van der Waals surface area contributed by atoms with E-state index in [1.807, 2.05) is 4.90 Å². The van der Waals surface area contributed by atoms with Crippen molar-refractivity contribution in [1.82, 2.24) is 9.63 Å². The van der Waals surface area contributed by atoms with Crippen molar-refractivity contribution in [2.24, 2.45) is 0 Å². The average molecular weight is 609 g/mol. The number of aliphatic hydroxyl groups is 6. The first kappa shape index (κ1) is 34.4. The molecule has 0 aliphatic carbocycles. The Bertz CT molecular complexity index is 906. The lowest BCUT2D eigenvalue weighted by Gasteiger charge is -2.39. The normalized spacial score (nSPS) is 33.6. The van der Waals surface area contributed by atoms with Crippen LogP contribution < -0.4 is 4.84 Å². The van der Waals surface area contributed by atoms with Gasteiger partial charge in [-0.2, -0.15) is 0 Å². The number of hydrogen-bond donors (Lipinski definition) is 8. The molecular formula is C26H44N2O14. The van der Waals surface area contributed by atoms with Crippen LogP contribution >= 0.6 is 0 Å². The zero-order valence-corrected chi connectivity index (χ0v) is 23.7. The monoisotopic (exact) mass is 608 g/mol. The van der Waals surface area contributed by atoms with Crippen LogP contribution in [0.5, 0.6) is 11.8 Å². The molecule has 1 aromatic heterocycles. The summed E-state index contributed by atoms with van der Waals surface area (Å²) in [4.78, 5) is 18.9. The first-order valence-electron chi connectivity index (χ1n) is 14.1. The van der Waals surface area contributed by atoms with Gasteiger partial charge >= 0.3 is 5.97 Å². The predicted molar refractivity (Wildman–Crippen MR) is 141 cm³/mol. The summed E-state index contributed by atoms with van der Waals surface area (Å²) >= 11 is 0. The lowest BCUT2D eigenvalue weighted by Crippen LogP contribution is -2.57. The molecule has 2 aliphatic heterocycles. The van der Waals surface area contributed by atoms with Crippen molar-refractivity contribution in [3.8, 4) is 11.8 Å². The molecule has 1 aromatic rings. The van der Waals surface area contributed by atoms with Crippen LogP contribution in [-0.4, -0.2) is 151 Å². The molecule has 0 amide bonds. The van der Waals surface area contributed by atoms with Crippen LogP contribution in [0.2, 0.25) is 0 Å². The number of carbonyl (C=O) groups is 1. The lowest BCUT2D eigenvalue weighted by atomic mass is 10.0. The molecule has 242 valence electrons. The Morgan fingerprint density at radius 3 is 1.69 bits per heavy atom. The average Bonchev–Trinajstić information content (AvgIpc) is 3.27. The standard InChI is InChI=1S/C26H44N2O14/c1-14-19(32)21(34)23(36)25(40-14)38-12-10-27(11-13-39-26-24(37)22(35)20(33)15(2)41-26)9-5-3-4-6-18(31)42-28-16(29)7-8-17(28)30/h7-8,14-15,19-26,29-30,32-37H,3-6,9-13H2,1-2H3. The second-order valence-corrected chi connectivity index (χ2v) is 10.6. The summed E-state index contributed by atoms with van der Waals surface area (Å²) in [6.07, 6.45) is -10.1. The summed E-state index contributed by atoms with van der Waals surface area (Å²) < 4.78 is 22.8. The minimum absolute atomic E-state index is 0.0514. The molecule has 8 N–H and O–H groups in total. The molecule has 3 heterocycles. The molecule has 2 fully saturated rings. The summed E-state index contributed by atoms with van der Waals surface area (Å²) in [6.45, 7) is 4.54. The predicted octanol–water partition coefficient (Wildman–Crippen LogP) is -2.59. The van der Waals surface area contributed by atoms with Gasteiger partial charge in [-0.05, 0) is 33.2 Å². The van der Waals surface area contributed by atoms with Crippen LogP contribution in [0.3, 0.4) is 0 Å². The lowest BCUT2D eigenvalue weighted by molar-refractivity contribution is -0.295. The maximum absolute atomic E-state index is 12.0. The van der Waals surface area contributed by atoms with Gasteiger partial charge in [0.1, 0.15) is 36.6 Å². The number of hydrogen-bond acceptors (Lipinski definition) is 15. The van der Waals surface area contributed by atoms with Crippen molar-refractivity contribution in [1.29, 1.82) is 0 Å². The zero-order valence-electron chi connectivity index (χ0n) is 23.7. The van der Waals surface area contributed by atoms with E-state index in [9.17, 15) is 45.6 Å². The van der Waals surface area contributed by atoms with E-state index in [1.165, 1.54) is 12.1 Å². The second kappa shape index (κ2) is 16.1. The van der Waals surface area contributed by atoms with Crippen molar-refractivity contribution in [3.05, 3.63) is 12.1 Å². The van der Waals surface area contributed by atoms with Gasteiger partial charge in [0.05, 0.1) is 25.4 Å². The first-order chi connectivity index (χ1) is 19.9. The molecule has 0 radical (unpaired) electrons. The van der Waals surface area contributed by atoms with E-state index in [-0.39, 0.29) is 19.6 Å². The third kappa shape index (κ3) is 9.20. The van der Waals surface area contributed by atoms with Gasteiger partial charge in [-0.15, -0.1) is 4.73 Å². The van der Waals surface area contributed by atoms with Crippen LogP contribution in [0.25, 0.3) is 0 Å². The Morgan fingerprint density at radius 1 is 0.738 bits per heavy atom. The molecule has 16 nitrogen and oxygen atoms in total. The van der Waals surface area contributed by atoms with Gasteiger partial charge in [0.2, 0.25) is 11.8 Å². The van der Waals surface area contributed by atoms with E-state index in [2.05, 4.69) is 0 Å². The van der Waals surface area contributed by atoms with Crippen LogP contribution in [0.15, 0.2) is 12.1 Å². The Balaban J connectivity index is 1.45. The molecule has 2 aliphatic rings. The number of aromatic hydroxyl groups is 2. The van der Waals surface area contributed by atoms with Crippen molar-refractivity contribution < 1.29 is 69.4 Å². The number of rotatable bonds is 15. The Hall–Kier alpha value is -2.09. The highest BCUT2D eigenvalue weighted by atomic mass is 16.7. The molecular weight excluding hydrogens is 564 g/mol. The fraction of sp³-hybridized carbons (Fsp3) is 0.808. The van der Waals surface area contributed by atoms with Crippen LogP contribution in [0.1, 0.15) is 39.5 Å². The Morgan fingerprint density at radius 2 is 1.21 bits per heavy atom. The molecule has 10 atom stereocenters. The maximum atomic E-state index is 12.0.